The number of benzene rings is 2. The lowest BCUT2D eigenvalue weighted by molar-refractivity contribution is 0.0708. The quantitative estimate of drug-likeness (QED) is 0.278. The number of carbonyl (C=O) groups excluding carboxylic acids is 1. The number of ether oxygens (including phenoxy) is 1. The number of carbonyl (C=O) groups is 1. The Labute approximate surface area is 215 Å². The molecule has 1 aromatic heterocycles. The van der Waals surface area contributed by atoms with Crippen molar-refractivity contribution in [3.63, 3.8) is 0 Å². The average molecular weight is 541 g/mol. The molecule has 7 heteroatoms. The molecule has 0 radical (unpaired) electrons. The predicted molar refractivity (Wildman–Crippen MR) is 142 cm³/mol. The van der Waals surface area contributed by atoms with Crippen LogP contribution in [-0.4, -0.2) is 48.5 Å². The summed E-state index contributed by atoms with van der Waals surface area (Å²) >= 11 is 3.45. The van der Waals surface area contributed by atoms with E-state index >= 15 is 0 Å². The summed E-state index contributed by atoms with van der Waals surface area (Å²) in [4.78, 5) is 31.4. The SMILES string of the molecule is CCCCCOc1cccc(C2c3c(oc4ccc(Br)cc4c3=O)C(=O)N2CCN(CC)CC)c1. The minimum absolute atomic E-state index is 0.142. The first kappa shape index (κ1) is 25.5. The van der Waals surface area contributed by atoms with E-state index in [2.05, 4.69) is 41.6 Å². The van der Waals surface area contributed by atoms with Crippen LogP contribution in [0.1, 0.15) is 67.8 Å². The van der Waals surface area contributed by atoms with Crippen molar-refractivity contribution in [3.05, 3.63) is 74.0 Å². The lowest BCUT2D eigenvalue weighted by Gasteiger charge is -2.28. The highest BCUT2D eigenvalue weighted by Gasteiger charge is 2.42. The van der Waals surface area contributed by atoms with E-state index < -0.39 is 6.04 Å². The number of unbranched alkanes of at least 4 members (excludes halogenated alkanes) is 2. The van der Waals surface area contributed by atoms with E-state index in [4.69, 9.17) is 9.15 Å². The van der Waals surface area contributed by atoms with Gasteiger partial charge in [-0.1, -0.05) is 61.7 Å². The number of hydrogen-bond acceptors (Lipinski definition) is 5. The zero-order valence-corrected chi connectivity index (χ0v) is 22.3. The topological polar surface area (TPSA) is 63.0 Å². The normalized spacial score (nSPS) is 15.3. The molecule has 3 aromatic rings. The Hall–Kier alpha value is -2.64. The minimum Gasteiger partial charge on any atom is -0.494 e. The van der Waals surface area contributed by atoms with E-state index in [9.17, 15) is 9.59 Å². The van der Waals surface area contributed by atoms with Crippen molar-refractivity contribution in [2.45, 2.75) is 46.1 Å². The molecule has 1 amide bonds. The lowest BCUT2D eigenvalue weighted by atomic mass is 9.98. The predicted octanol–water partition coefficient (Wildman–Crippen LogP) is 6.01. The molecule has 0 N–H and O–H groups in total. The summed E-state index contributed by atoms with van der Waals surface area (Å²) in [5.41, 5.74) is 1.51. The van der Waals surface area contributed by atoms with Crippen molar-refractivity contribution in [1.29, 1.82) is 0 Å². The third kappa shape index (κ3) is 5.31. The molecular formula is C28H33BrN2O4. The Morgan fingerprint density at radius 3 is 2.60 bits per heavy atom. The summed E-state index contributed by atoms with van der Waals surface area (Å²) in [6.07, 6.45) is 3.24. The molecule has 0 saturated heterocycles. The molecular weight excluding hydrogens is 508 g/mol. The molecule has 1 aliphatic heterocycles. The van der Waals surface area contributed by atoms with Crippen LogP contribution in [0, 0.1) is 0 Å². The van der Waals surface area contributed by atoms with Crippen LogP contribution in [0.2, 0.25) is 0 Å². The van der Waals surface area contributed by atoms with Gasteiger partial charge in [0.05, 0.1) is 23.6 Å². The largest absolute Gasteiger partial charge is 0.494 e. The summed E-state index contributed by atoms with van der Waals surface area (Å²) in [6, 6.07) is 12.5. The van der Waals surface area contributed by atoms with Crippen LogP contribution in [0.4, 0.5) is 0 Å². The number of rotatable bonds is 11. The van der Waals surface area contributed by atoms with Gasteiger partial charge >= 0.3 is 0 Å². The number of halogens is 1. The zero-order valence-electron chi connectivity index (χ0n) is 20.7. The second-order valence-electron chi connectivity index (χ2n) is 8.87. The fourth-order valence-electron chi connectivity index (χ4n) is 4.68. The summed E-state index contributed by atoms with van der Waals surface area (Å²) < 4.78 is 12.8. The van der Waals surface area contributed by atoms with E-state index in [0.29, 0.717) is 29.7 Å². The Morgan fingerprint density at radius 2 is 1.86 bits per heavy atom. The Bertz CT molecular complexity index is 1250. The van der Waals surface area contributed by atoms with Crippen molar-refractivity contribution in [2.24, 2.45) is 0 Å². The highest BCUT2D eigenvalue weighted by Crippen LogP contribution is 2.39. The maximum Gasteiger partial charge on any atom is 0.290 e. The Kier molecular flexibility index (Phi) is 8.29. The van der Waals surface area contributed by atoms with Crippen molar-refractivity contribution >= 4 is 32.8 Å². The van der Waals surface area contributed by atoms with Gasteiger partial charge in [0.25, 0.3) is 5.91 Å². The fraction of sp³-hybridized carbons (Fsp3) is 0.429. The molecule has 35 heavy (non-hydrogen) atoms. The van der Waals surface area contributed by atoms with Gasteiger partial charge in [0.1, 0.15) is 11.3 Å². The van der Waals surface area contributed by atoms with E-state index in [1.807, 2.05) is 30.3 Å². The van der Waals surface area contributed by atoms with Gasteiger partial charge in [0.15, 0.2) is 5.43 Å². The van der Waals surface area contributed by atoms with Crippen molar-refractivity contribution in [2.75, 3.05) is 32.8 Å². The van der Waals surface area contributed by atoms with Crippen LogP contribution in [0.3, 0.4) is 0 Å². The number of hydrogen-bond donors (Lipinski definition) is 0. The van der Waals surface area contributed by atoms with Gasteiger partial charge in [-0.25, -0.2) is 0 Å². The molecule has 4 rings (SSSR count). The van der Waals surface area contributed by atoms with Gasteiger partial charge in [-0.05, 0) is 55.4 Å². The summed E-state index contributed by atoms with van der Waals surface area (Å²) in [5.74, 6) is 0.646. The summed E-state index contributed by atoms with van der Waals surface area (Å²) in [6.45, 7) is 10.0. The van der Waals surface area contributed by atoms with E-state index in [1.54, 1.807) is 17.0 Å². The smallest absolute Gasteiger partial charge is 0.290 e. The first-order valence-electron chi connectivity index (χ1n) is 12.5. The number of amides is 1. The molecule has 0 aliphatic carbocycles. The second-order valence-corrected chi connectivity index (χ2v) is 9.79. The van der Waals surface area contributed by atoms with Gasteiger partial charge in [-0.3, -0.25) is 9.59 Å². The summed E-state index contributed by atoms with van der Waals surface area (Å²) in [7, 11) is 0. The molecule has 0 bridgehead atoms. The van der Waals surface area contributed by atoms with Gasteiger partial charge in [-0.15, -0.1) is 0 Å². The minimum atomic E-state index is -0.521. The maximum atomic E-state index is 13.7. The van der Waals surface area contributed by atoms with Crippen LogP contribution in [0.5, 0.6) is 5.75 Å². The van der Waals surface area contributed by atoms with Crippen LogP contribution >= 0.6 is 15.9 Å². The van der Waals surface area contributed by atoms with Crippen molar-refractivity contribution in [3.8, 4) is 5.75 Å². The Balaban J connectivity index is 1.78. The highest BCUT2D eigenvalue weighted by molar-refractivity contribution is 9.10. The first-order valence-corrected chi connectivity index (χ1v) is 13.3. The van der Waals surface area contributed by atoms with Gasteiger partial charge in [0.2, 0.25) is 5.76 Å². The van der Waals surface area contributed by atoms with Crippen molar-refractivity contribution in [1.82, 2.24) is 9.80 Å². The summed E-state index contributed by atoms with van der Waals surface area (Å²) in [5, 5.41) is 0.466. The molecule has 0 spiro atoms. The number of fused-ring (bicyclic) bond motifs is 2. The fourth-order valence-corrected chi connectivity index (χ4v) is 5.04. The van der Waals surface area contributed by atoms with Gasteiger partial charge in [0, 0.05) is 17.6 Å². The maximum absolute atomic E-state index is 13.7. The van der Waals surface area contributed by atoms with Gasteiger partial charge in [-0.2, -0.15) is 0 Å². The van der Waals surface area contributed by atoms with E-state index in [1.165, 1.54) is 0 Å². The molecule has 6 nitrogen and oxygen atoms in total. The molecule has 2 heterocycles. The molecule has 2 aromatic carbocycles. The third-order valence-electron chi connectivity index (χ3n) is 6.67. The Morgan fingerprint density at radius 1 is 1.06 bits per heavy atom. The molecule has 0 fully saturated rings. The highest BCUT2D eigenvalue weighted by atomic mass is 79.9. The standard InChI is InChI=1S/C28H33BrN2O4/c1-4-7-8-16-34-21-11-9-10-19(17-21)25-24-26(32)22-18-20(29)12-13-23(22)35-27(24)28(33)31(25)15-14-30(5-2)6-3/h9-13,17-18,25H,4-8,14-16H2,1-3H3. The molecule has 1 atom stereocenters. The average Bonchev–Trinajstić information content (AvgIpc) is 3.15. The van der Waals surface area contributed by atoms with Crippen LogP contribution < -0.4 is 10.2 Å². The van der Waals surface area contributed by atoms with Crippen molar-refractivity contribution < 1.29 is 13.9 Å². The zero-order chi connectivity index (χ0) is 24.9. The first-order chi connectivity index (χ1) is 17.0. The van der Waals surface area contributed by atoms with Crippen LogP contribution in [0.15, 0.2) is 56.1 Å². The molecule has 1 unspecified atom stereocenters. The second kappa shape index (κ2) is 11.4. The van der Waals surface area contributed by atoms with Crippen LogP contribution in [-0.2, 0) is 0 Å². The number of likely N-dealkylation sites (N-methyl/N-ethyl adjacent to an activating group) is 1. The lowest BCUT2D eigenvalue weighted by Crippen LogP contribution is -2.37. The van der Waals surface area contributed by atoms with Gasteiger partial charge < -0.3 is 19.0 Å². The molecule has 0 saturated carbocycles. The molecule has 186 valence electrons. The molecule has 1 aliphatic rings. The van der Waals surface area contributed by atoms with Crippen LogP contribution in [0.25, 0.3) is 11.0 Å². The third-order valence-corrected chi connectivity index (χ3v) is 7.16. The number of nitrogens with zero attached hydrogens (tertiary/aromatic N) is 2. The van der Waals surface area contributed by atoms with E-state index in [-0.39, 0.29) is 17.1 Å². The monoisotopic (exact) mass is 540 g/mol. The van der Waals surface area contributed by atoms with E-state index in [0.717, 1.165) is 54.7 Å².